The van der Waals surface area contributed by atoms with E-state index in [0.29, 0.717) is 19.2 Å². The molecular weight excluding hydrogens is 226 g/mol. The molecule has 3 nitrogen and oxygen atoms in total. The van der Waals surface area contributed by atoms with Gasteiger partial charge >= 0.3 is 0 Å². The molecule has 0 spiro atoms. The molecule has 0 heterocycles. The highest BCUT2D eigenvalue weighted by Gasteiger charge is 2.16. The van der Waals surface area contributed by atoms with Crippen LogP contribution in [-0.2, 0) is 4.74 Å². The lowest BCUT2D eigenvalue weighted by Crippen LogP contribution is -2.37. The normalized spacial score (nSPS) is 26.8. The van der Waals surface area contributed by atoms with Crippen molar-refractivity contribution in [2.45, 2.75) is 70.9 Å². The summed E-state index contributed by atoms with van der Waals surface area (Å²) >= 11 is 0. The Kier molecular flexibility index (Phi) is 8.64. The zero-order valence-corrected chi connectivity index (χ0v) is 12.2. The standard InChI is InChI=1S/C15H31NO2/c1-3-4-10-18-12-15(17)11-16-14-7-5-6-13(2)8-9-14/h13-17H,3-12H2,1-2H3. The van der Waals surface area contributed by atoms with Crippen molar-refractivity contribution in [1.82, 2.24) is 5.32 Å². The molecule has 1 aliphatic rings. The lowest BCUT2D eigenvalue weighted by atomic mass is 10.0. The molecule has 3 heteroatoms. The molecule has 1 rings (SSSR count). The number of aliphatic hydroxyl groups excluding tert-OH is 1. The molecule has 0 aromatic rings. The summed E-state index contributed by atoms with van der Waals surface area (Å²) < 4.78 is 5.43. The van der Waals surface area contributed by atoms with Crippen molar-refractivity contribution < 1.29 is 9.84 Å². The van der Waals surface area contributed by atoms with Gasteiger partial charge in [0.1, 0.15) is 0 Å². The highest BCUT2D eigenvalue weighted by atomic mass is 16.5. The fourth-order valence-electron chi connectivity index (χ4n) is 2.52. The molecule has 0 saturated heterocycles. The summed E-state index contributed by atoms with van der Waals surface area (Å²) in [5.41, 5.74) is 0. The first-order chi connectivity index (χ1) is 8.72. The maximum atomic E-state index is 9.81. The SMILES string of the molecule is CCCCOCC(O)CNC1CCCC(C)CC1. The predicted octanol–water partition coefficient (Wildman–Crippen LogP) is 2.72. The maximum absolute atomic E-state index is 9.81. The quantitative estimate of drug-likeness (QED) is 0.519. The van der Waals surface area contributed by atoms with Gasteiger partial charge in [-0.1, -0.05) is 33.1 Å². The molecule has 0 aromatic carbocycles. The van der Waals surface area contributed by atoms with E-state index in [0.717, 1.165) is 25.4 Å². The average Bonchev–Trinajstić information content (AvgIpc) is 2.57. The average molecular weight is 257 g/mol. The lowest BCUT2D eigenvalue weighted by Gasteiger charge is -2.19. The van der Waals surface area contributed by atoms with Gasteiger partial charge in [0.15, 0.2) is 0 Å². The predicted molar refractivity (Wildman–Crippen MR) is 75.8 cm³/mol. The van der Waals surface area contributed by atoms with Crippen LogP contribution >= 0.6 is 0 Å². The van der Waals surface area contributed by atoms with Gasteiger partial charge in [-0.15, -0.1) is 0 Å². The number of ether oxygens (including phenoxy) is 1. The fourth-order valence-corrected chi connectivity index (χ4v) is 2.52. The molecular formula is C15H31NO2. The molecule has 0 amide bonds. The third-order valence-electron chi connectivity index (χ3n) is 3.85. The van der Waals surface area contributed by atoms with E-state index in [1.54, 1.807) is 0 Å². The van der Waals surface area contributed by atoms with Gasteiger partial charge in [0.25, 0.3) is 0 Å². The Hall–Kier alpha value is -0.120. The van der Waals surface area contributed by atoms with Gasteiger partial charge < -0.3 is 15.2 Å². The van der Waals surface area contributed by atoms with Crippen LogP contribution < -0.4 is 5.32 Å². The van der Waals surface area contributed by atoms with E-state index in [1.807, 2.05) is 0 Å². The van der Waals surface area contributed by atoms with Crippen molar-refractivity contribution in [3.8, 4) is 0 Å². The summed E-state index contributed by atoms with van der Waals surface area (Å²) in [6.45, 7) is 6.41. The first kappa shape index (κ1) is 15.9. The smallest absolute Gasteiger partial charge is 0.0897 e. The summed E-state index contributed by atoms with van der Waals surface area (Å²) in [5.74, 6) is 0.874. The molecule has 2 N–H and O–H groups in total. The van der Waals surface area contributed by atoms with Crippen LogP contribution in [0.25, 0.3) is 0 Å². The molecule has 0 aromatic heterocycles. The molecule has 18 heavy (non-hydrogen) atoms. The largest absolute Gasteiger partial charge is 0.389 e. The van der Waals surface area contributed by atoms with Gasteiger partial charge in [-0.3, -0.25) is 0 Å². The van der Waals surface area contributed by atoms with Crippen LogP contribution in [0.15, 0.2) is 0 Å². The van der Waals surface area contributed by atoms with Gasteiger partial charge in [0.2, 0.25) is 0 Å². The third-order valence-corrected chi connectivity index (χ3v) is 3.85. The Bertz CT molecular complexity index is 199. The summed E-state index contributed by atoms with van der Waals surface area (Å²) in [7, 11) is 0. The van der Waals surface area contributed by atoms with Crippen LogP contribution in [0.1, 0.15) is 58.8 Å². The minimum Gasteiger partial charge on any atom is -0.389 e. The molecule has 1 aliphatic carbocycles. The minimum absolute atomic E-state index is 0.359. The van der Waals surface area contributed by atoms with Crippen molar-refractivity contribution >= 4 is 0 Å². The number of hydrogen-bond acceptors (Lipinski definition) is 3. The van der Waals surface area contributed by atoms with Crippen molar-refractivity contribution in [2.75, 3.05) is 19.8 Å². The van der Waals surface area contributed by atoms with Gasteiger partial charge in [-0.25, -0.2) is 0 Å². The van der Waals surface area contributed by atoms with Crippen molar-refractivity contribution in [1.29, 1.82) is 0 Å². The third kappa shape index (κ3) is 7.34. The number of aliphatic hydroxyl groups is 1. The maximum Gasteiger partial charge on any atom is 0.0897 e. The van der Waals surface area contributed by atoms with E-state index < -0.39 is 0 Å². The van der Waals surface area contributed by atoms with Crippen LogP contribution in [0.5, 0.6) is 0 Å². The number of rotatable bonds is 8. The van der Waals surface area contributed by atoms with Gasteiger partial charge in [-0.05, 0) is 31.6 Å². The summed E-state index contributed by atoms with van der Waals surface area (Å²) in [6.07, 6.45) is 8.39. The number of hydrogen-bond donors (Lipinski definition) is 2. The monoisotopic (exact) mass is 257 g/mol. The number of unbranched alkanes of at least 4 members (excludes halogenated alkanes) is 1. The van der Waals surface area contributed by atoms with Crippen LogP contribution in [0.2, 0.25) is 0 Å². The van der Waals surface area contributed by atoms with Gasteiger partial charge in [-0.2, -0.15) is 0 Å². The topological polar surface area (TPSA) is 41.5 Å². The Morgan fingerprint density at radius 2 is 2.11 bits per heavy atom. The number of nitrogens with one attached hydrogen (secondary N) is 1. The van der Waals surface area contributed by atoms with E-state index in [4.69, 9.17) is 4.74 Å². The molecule has 1 saturated carbocycles. The van der Waals surface area contributed by atoms with Crippen LogP contribution in [0.4, 0.5) is 0 Å². The van der Waals surface area contributed by atoms with Crippen molar-refractivity contribution in [2.24, 2.45) is 5.92 Å². The van der Waals surface area contributed by atoms with Crippen LogP contribution in [0.3, 0.4) is 0 Å². The van der Waals surface area contributed by atoms with E-state index in [9.17, 15) is 5.11 Å². The minimum atomic E-state index is -0.359. The highest BCUT2D eigenvalue weighted by Crippen LogP contribution is 2.22. The lowest BCUT2D eigenvalue weighted by molar-refractivity contribution is 0.0343. The highest BCUT2D eigenvalue weighted by molar-refractivity contribution is 4.74. The fraction of sp³-hybridized carbons (Fsp3) is 1.00. The van der Waals surface area contributed by atoms with Gasteiger partial charge in [0.05, 0.1) is 12.7 Å². The molecule has 3 unspecified atom stereocenters. The molecule has 3 atom stereocenters. The second kappa shape index (κ2) is 9.76. The summed E-state index contributed by atoms with van der Waals surface area (Å²) in [6, 6.07) is 0.597. The van der Waals surface area contributed by atoms with E-state index >= 15 is 0 Å². The Balaban J connectivity index is 2.04. The zero-order valence-electron chi connectivity index (χ0n) is 12.2. The molecule has 0 bridgehead atoms. The first-order valence-corrected chi connectivity index (χ1v) is 7.71. The van der Waals surface area contributed by atoms with Crippen LogP contribution in [-0.4, -0.2) is 37.0 Å². The Labute approximate surface area is 112 Å². The van der Waals surface area contributed by atoms with Crippen LogP contribution in [0, 0.1) is 5.92 Å². The van der Waals surface area contributed by atoms with Crippen molar-refractivity contribution in [3.05, 3.63) is 0 Å². The zero-order chi connectivity index (χ0) is 13.2. The van der Waals surface area contributed by atoms with E-state index in [1.165, 1.54) is 32.1 Å². The molecule has 108 valence electrons. The van der Waals surface area contributed by atoms with E-state index in [2.05, 4.69) is 19.2 Å². The summed E-state index contributed by atoms with van der Waals surface area (Å²) in [4.78, 5) is 0. The second-order valence-electron chi connectivity index (χ2n) is 5.80. The first-order valence-electron chi connectivity index (χ1n) is 7.71. The molecule has 0 aliphatic heterocycles. The van der Waals surface area contributed by atoms with Crippen molar-refractivity contribution in [3.63, 3.8) is 0 Å². The molecule has 1 fully saturated rings. The van der Waals surface area contributed by atoms with E-state index in [-0.39, 0.29) is 6.10 Å². The second-order valence-corrected chi connectivity index (χ2v) is 5.80. The molecule has 0 radical (unpaired) electrons. The summed E-state index contributed by atoms with van der Waals surface area (Å²) in [5, 5.41) is 13.3. The Morgan fingerprint density at radius 1 is 1.28 bits per heavy atom. The van der Waals surface area contributed by atoms with Gasteiger partial charge in [0, 0.05) is 19.2 Å². The Morgan fingerprint density at radius 3 is 2.89 bits per heavy atom.